The molecule has 0 amide bonds. The average molecular weight is 346 g/mol. The van der Waals surface area contributed by atoms with Crippen molar-refractivity contribution in [3.8, 4) is 22.9 Å². The molecule has 0 saturated heterocycles. The highest BCUT2D eigenvalue weighted by Gasteiger charge is 2.12. The number of ether oxygens (including phenoxy) is 2. The highest BCUT2D eigenvalue weighted by molar-refractivity contribution is 5.69. The van der Waals surface area contributed by atoms with Gasteiger partial charge in [0.2, 0.25) is 11.8 Å². The lowest BCUT2D eigenvalue weighted by atomic mass is 10.1. The van der Waals surface area contributed by atoms with Crippen LogP contribution in [0, 0.1) is 6.92 Å². The van der Waals surface area contributed by atoms with E-state index in [2.05, 4.69) is 19.7 Å². The lowest BCUT2D eigenvalue weighted by Crippen LogP contribution is -2.04. The Morgan fingerprint density at radius 2 is 2.00 bits per heavy atom. The van der Waals surface area contributed by atoms with Gasteiger partial charge in [0.05, 0.1) is 13.7 Å². The molecule has 8 heteroatoms. The van der Waals surface area contributed by atoms with Gasteiger partial charge in [-0.15, -0.1) is 0 Å². The van der Waals surface area contributed by atoms with E-state index in [9.17, 15) is 8.78 Å². The fourth-order valence-corrected chi connectivity index (χ4v) is 2.45. The summed E-state index contributed by atoms with van der Waals surface area (Å²) in [6.45, 7) is -0.436. The Labute approximate surface area is 143 Å². The van der Waals surface area contributed by atoms with Crippen LogP contribution in [-0.2, 0) is 6.54 Å². The van der Waals surface area contributed by atoms with Gasteiger partial charge in [-0.1, -0.05) is 0 Å². The summed E-state index contributed by atoms with van der Waals surface area (Å²) in [5.74, 6) is 1.11. The van der Waals surface area contributed by atoms with Crippen LogP contribution in [0.1, 0.15) is 11.4 Å². The molecule has 0 atom stereocenters. The van der Waals surface area contributed by atoms with Gasteiger partial charge in [0.15, 0.2) is 0 Å². The third-order valence-electron chi connectivity index (χ3n) is 3.63. The van der Waals surface area contributed by atoms with Crippen LogP contribution < -0.4 is 9.47 Å². The zero-order valence-corrected chi connectivity index (χ0v) is 13.7. The Kier molecular flexibility index (Phi) is 4.87. The van der Waals surface area contributed by atoms with Crippen LogP contribution in [-0.4, -0.2) is 33.2 Å². The van der Waals surface area contributed by atoms with E-state index in [4.69, 9.17) is 4.74 Å². The van der Waals surface area contributed by atoms with E-state index in [-0.39, 0.29) is 5.88 Å². The largest absolute Gasteiger partial charge is 0.481 e. The summed E-state index contributed by atoms with van der Waals surface area (Å²) in [5, 5.41) is 0. The SMILES string of the molecule is COc1ncc(Cn2ccnc2C)cc1-c1ccnc(OC(F)F)c1. The highest BCUT2D eigenvalue weighted by Crippen LogP contribution is 2.30. The van der Waals surface area contributed by atoms with Crippen molar-refractivity contribution >= 4 is 0 Å². The summed E-state index contributed by atoms with van der Waals surface area (Å²) in [6.07, 6.45) is 6.71. The van der Waals surface area contributed by atoms with Crippen molar-refractivity contribution in [1.29, 1.82) is 0 Å². The number of aryl methyl sites for hydroxylation is 1. The second-order valence-corrected chi connectivity index (χ2v) is 5.26. The van der Waals surface area contributed by atoms with E-state index >= 15 is 0 Å². The first-order valence-electron chi connectivity index (χ1n) is 7.48. The zero-order valence-electron chi connectivity index (χ0n) is 13.7. The predicted octanol–water partition coefficient (Wildman–Crippen LogP) is 3.31. The molecule has 6 nitrogen and oxygen atoms in total. The maximum Gasteiger partial charge on any atom is 0.388 e. The van der Waals surface area contributed by atoms with Crippen LogP contribution in [0.4, 0.5) is 8.78 Å². The third-order valence-corrected chi connectivity index (χ3v) is 3.63. The van der Waals surface area contributed by atoms with Crippen LogP contribution >= 0.6 is 0 Å². The van der Waals surface area contributed by atoms with Crippen LogP contribution in [0.2, 0.25) is 0 Å². The number of pyridine rings is 2. The number of nitrogens with zero attached hydrogens (tertiary/aromatic N) is 4. The smallest absolute Gasteiger partial charge is 0.388 e. The summed E-state index contributed by atoms with van der Waals surface area (Å²) in [5.41, 5.74) is 2.21. The summed E-state index contributed by atoms with van der Waals surface area (Å²) in [6, 6.07) is 5.01. The van der Waals surface area contributed by atoms with Crippen molar-refractivity contribution in [2.24, 2.45) is 0 Å². The molecule has 0 radical (unpaired) electrons. The van der Waals surface area contributed by atoms with Crippen LogP contribution in [0.15, 0.2) is 43.0 Å². The van der Waals surface area contributed by atoms with Crippen molar-refractivity contribution in [1.82, 2.24) is 19.5 Å². The quantitative estimate of drug-likeness (QED) is 0.685. The lowest BCUT2D eigenvalue weighted by molar-refractivity contribution is -0.0528. The molecule has 0 N–H and O–H groups in total. The molecule has 0 fully saturated rings. The van der Waals surface area contributed by atoms with E-state index in [0.717, 1.165) is 11.4 Å². The van der Waals surface area contributed by atoms with Gasteiger partial charge in [0.25, 0.3) is 0 Å². The monoisotopic (exact) mass is 346 g/mol. The second kappa shape index (κ2) is 7.25. The predicted molar refractivity (Wildman–Crippen MR) is 86.7 cm³/mol. The molecule has 0 aromatic carbocycles. The third kappa shape index (κ3) is 3.90. The zero-order chi connectivity index (χ0) is 17.8. The van der Waals surface area contributed by atoms with Gasteiger partial charge in [-0.05, 0) is 30.2 Å². The molecule has 0 aliphatic rings. The van der Waals surface area contributed by atoms with E-state index in [0.29, 0.717) is 23.6 Å². The summed E-state index contributed by atoms with van der Waals surface area (Å²) >= 11 is 0. The topological polar surface area (TPSA) is 62.1 Å². The molecule has 0 unspecified atom stereocenters. The van der Waals surface area contributed by atoms with Crippen molar-refractivity contribution in [2.75, 3.05) is 7.11 Å². The van der Waals surface area contributed by atoms with Crippen molar-refractivity contribution in [3.05, 3.63) is 54.4 Å². The second-order valence-electron chi connectivity index (χ2n) is 5.26. The molecule has 0 spiro atoms. The van der Waals surface area contributed by atoms with Crippen LogP contribution in [0.25, 0.3) is 11.1 Å². The van der Waals surface area contributed by atoms with Gasteiger partial charge < -0.3 is 14.0 Å². The molecule has 0 aliphatic carbocycles. The Morgan fingerprint density at radius 1 is 1.16 bits per heavy atom. The lowest BCUT2D eigenvalue weighted by Gasteiger charge is -2.12. The number of alkyl halides is 2. The Hall–Kier alpha value is -3.03. The van der Waals surface area contributed by atoms with Crippen molar-refractivity contribution in [3.63, 3.8) is 0 Å². The van der Waals surface area contributed by atoms with E-state index in [1.54, 1.807) is 18.5 Å². The maximum atomic E-state index is 12.4. The van der Waals surface area contributed by atoms with Gasteiger partial charge in [0.1, 0.15) is 5.82 Å². The number of imidazole rings is 1. The highest BCUT2D eigenvalue weighted by atomic mass is 19.3. The normalized spacial score (nSPS) is 10.9. The molecule has 0 bridgehead atoms. The van der Waals surface area contributed by atoms with Crippen molar-refractivity contribution < 1.29 is 18.3 Å². The number of methoxy groups -OCH3 is 1. The van der Waals surface area contributed by atoms with Gasteiger partial charge in [-0.2, -0.15) is 8.78 Å². The number of hydrogen-bond donors (Lipinski definition) is 0. The molecule has 3 heterocycles. The van der Waals surface area contributed by atoms with Gasteiger partial charge in [-0.3, -0.25) is 0 Å². The molecule has 0 aliphatic heterocycles. The van der Waals surface area contributed by atoms with Crippen LogP contribution in [0.3, 0.4) is 0 Å². The maximum absolute atomic E-state index is 12.4. The Morgan fingerprint density at radius 3 is 2.68 bits per heavy atom. The molecular weight excluding hydrogens is 330 g/mol. The molecular formula is C17H16F2N4O2. The minimum atomic E-state index is -2.93. The summed E-state index contributed by atoms with van der Waals surface area (Å²) < 4.78 is 36.4. The standard InChI is InChI=1S/C17H16F2N4O2/c1-11-20-5-6-23(11)10-12-7-14(16(24-2)22-9-12)13-3-4-21-15(8-13)25-17(18)19/h3-9,17H,10H2,1-2H3. The Bertz CT molecular complexity index is 867. The summed E-state index contributed by atoms with van der Waals surface area (Å²) in [7, 11) is 1.50. The van der Waals surface area contributed by atoms with Gasteiger partial charge in [0, 0.05) is 36.4 Å². The molecule has 3 aromatic heterocycles. The first-order chi connectivity index (χ1) is 12.1. The minimum Gasteiger partial charge on any atom is -0.481 e. The first-order valence-corrected chi connectivity index (χ1v) is 7.48. The molecule has 130 valence electrons. The molecule has 0 saturated carbocycles. The number of halogens is 2. The number of hydrogen-bond acceptors (Lipinski definition) is 5. The molecule has 25 heavy (non-hydrogen) atoms. The van der Waals surface area contributed by atoms with E-state index in [1.807, 2.05) is 23.8 Å². The van der Waals surface area contributed by atoms with Crippen LogP contribution in [0.5, 0.6) is 11.8 Å². The van der Waals surface area contributed by atoms with Crippen molar-refractivity contribution in [2.45, 2.75) is 20.1 Å². The van der Waals surface area contributed by atoms with Gasteiger partial charge >= 0.3 is 6.61 Å². The molecule has 3 rings (SSSR count). The first kappa shape index (κ1) is 16.8. The van der Waals surface area contributed by atoms with E-state index in [1.165, 1.54) is 19.4 Å². The summed E-state index contributed by atoms with van der Waals surface area (Å²) in [4.78, 5) is 12.3. The minimum absolute atomic E-state index is 0.162. The molecule has 3 aromatic rings. The number of rotatable bonds is 6. The Balaban J connectivity index is 1.96. The number of aromatic nitrogens is 4. The van der Waals surface area contributed by atoms with Gasteiger partial charge in [-0.25, -0.2) is 15.0 Å². The van der Waals surface area contributed by atoms with E-state index < -0.39 is 6.61 Å². The fourth-order valence-electron chi connectivity index (χ4n) is 2.45. The average Bonchev–Trinajstić information content (AvgIpc) is 2.99. The fraction of sp³-hybridized carbons (Fsp3) is 0.235.